The molecule has 1 amide bonds. The lowest BCUT2D eigenvalue weighted by Gasteiger charge is -2.55. The number of rotatable bonds is 9. The average Bonchev–Trinajstić information content (AvgIpc) is 3.10. The maximum absolute atomic E-state index is 14.1. The number of hydrogen-bond donors (Lipinski definition) is 1. The Morgan fingerprint density at radius 3 is 2.22 bits per heavy atom. The normalized spacial score (nSPS) is 18.1. The number of ether oxygens (including phenoxy) is 2. The SMILES string of the molecule is CCOC(=O)c1cccc(C)c1NC(=O)C1([N+]2(CC(=O)OCc3ccccc3)CCCCCC2)CCC1. The molecule has 1 N–H and O–H groups in total. The van der Waals surface area contributed by atoms with E-state index in [1.54, 1.807) is 19.1 Å². The molecule has 0 aromatic heterocycles. The van der Waals surface area contributed by atoms with E-state index in [2.05, 4.69) is 5.32 Å². The Morgan fingerprint density at radius 2 is 1.59 bits per heavy atom. The van der Waals surface area contributed by atoms with Gasteiger partial charge in [0.15, 0.2) is 12.1 Å². The van der Waals surface area contributed by atoms with Crippen LogP contribution in [0.3, 0.4) is 0 Å². The highest BCUT2D eigenvalue weighted by Gasteiger charge is 2.61. The van der Waals surface area contributed by atoms with Gasteiger partial charge >= 0.3 is 11.9 Å². The third kappa shape index (κ3) is 5.72. The van der Waals surface area contributed by atoms with Crippen LogP contribution < -0.4 is 5.32 Å². The van der Waals surface area contributed by atoms with Gasteiger partial charge in [0.05, 0.1) is 30.9 Å². The highest BCUT2D eigenvalue weighted by molar-refractivity contribution is 6.05. The van der Waals surface area contributed by atoms with Gasteiger partial charge < -0.3 is 19.3 Å². The third-order valence-electron chi connectivity index (χ3n) is 8.11. The van der Waals surface area contributed by atoms with Gasteiger partial charge in [-0.3, -0.25) is 4.79 Å². The molecule has 37 heavy (non-hydrogen) atoms. The van der Waals surface area contributed by atoms with Gasteiger partial charge in [0.2, 0.25) is 0 Å². The van der Waals surface area contributed by atoms with Gasteiger partial charge in [-0.15, -0.1) is 0 Å². The first-order valence-electron chi connectivity index (χ1n) is 13.5. The minimum atomic E-state index is -0.718. The van der Waals surface area contributed by atoms with Crippen molar-refractivity contribution in [2.24, 2.45) is 0 Å². The van der Waals surface area contributed by atoms with Gasteiger partial charge in [-0.05, 0) is 63.1 Å². The lowest BCUT2D eigenvalue weighted by molar-refractivity contribution is -0.965. The number of amides is 1. The van der Waals surface area contributed by atoms with E-state index in [9.17, 15) is 14.4 Å². The Morgan fingerprint density at radius 1 is 0.892 bits per heavy atom. The lowest BCUT2D eigenvalue weighted by atomic mass is 9.71. The number of hydrogen-bond acceptors (Lipinski definition) is 5. The molecule has 1 saturated carbocycles. The van der Waals surface area contributed by atoms with Crippen molar-refractivity contribution in [3.63, 3.8) is 0 Å². The minimum Gasteiger partial charge on any atom is -0.462 e. The molecule has 0 spiro atoms. The molecular formula is C30H39N2O5+. The summed E-state index contributed by atoms with van der Waals surface area (Å²) in [5, 5.41) is 3.13. The Balaban J connectivity index is 1.60. The molecule has 2 aromatic carbocycles. The number of benzene rings is 2. The second-order valence-electron chi connectivity index (χ2n) is 10.4. The number of aryl methyl sites for hydroxylation is 1. The molecule has 1 aliphatic heterocycles. The Hall–Kier alpha value is -3.19. The molecule has 2 fully saturated rings. The highest BCUT2D eigenvalue weighted by atomic mass is 16.5. The number of nitrogens with one attached hydrogen (secondary N) is 1. The highest BCUT2D eigenvalue weighted by Crippen LogP contribution is 2.46. The molecule has 198 valence electrons. The van der Waals surface area contributed by atoms with Crippen LogP contribution in [0, 0.1) is 6.92 Å². The fourth-order valence-corrected chi connectivity index (χ4v) is 5.93. The van der Waals surface area contributed by atoms with Crippen molar-refractivity contribution < 1.29 is 28.3 Å². The molecule has 0 radical (unpaired) electrons. The Bertz CT molecular complexity index is 1100. The van der Waals surface area contributed by atoms with Crippen LogP contribution in [0.4, 0.5) is 5.69 Å². The standard InChI is InChI=1S/C30H38N2O5/c1-3-36-28(34)25-16-11-13-23(2)27(25)31-29(35)30(17-12-18-30)32(19-9-4-5-10-20-32)21-26(33)37-22-24-14-7-6-8-15-24/h6-8,11,13-16H,3-5,9-10,12,17-22H2,1-2H3/p+1. The van der Waals surface area contributed by atoms with Crippen LogP contribution in [0.1, 0.15) is 73.4 Å². The third-order valence-corrected chi connectivity index (χ3v) is 8.11. The van der Waals surface area contributed by atoms with Crippen molar-refractivity contribution in [1.82, 2.24) is 0 Å². The summed E-state index contributed by atoms with van der Waals surface area (Å²) < 4.78 is 11.4. The van der Waals surface area contributed by atoms with E-state index in [4.69, 9.17) is 9.47 Å². The first-order chi connectivity index (χ1) is 17.9. The second kappa shape index (κ2) is 11.9. The number of esters is 2. The molecule has 1 heterocycles. The van der Waals surface area contributed by atoms with Crippen molar-refractivity contribution in [3.8, 4) is 0 Å². The van der Waals surface area contributed by atoms with Crippen molar-refractivity contribution >= 4 is 23.5 Å². The Labute approximate surface area is 219 Å². The van der Waals surface area contributed by atoms with Gasteiger partial charge in [0, 0.05) is 12.8 Å². The van der Waals surface area contributed by atoms with Crippen LogP contribution in [-0.4, -0.2) is 54.1 Å². The van der Waals surface area contributed by atoms with E-state index in [0.717, 1.165) is 56.3 Å². The van der Waals surface area contributed by atoms with Crippen molar-refractivity contribution in [3.05, 3.63) is 65.2 Å². The van der Waals surface area contributed by atoms with E-state index in [1.165, 1.54) is 0 Å². The minimum absolute atomic E-state index is 0.114. The average molecular weight is 508 g/mol. The second-order valence-corrected chi connectivity index (χ2v) is 10.4. The zero-order chi connectivity index (χ0) is 26.3. The smallest absolute Gasteiger partial charge is 0.362 e. The molecule has 2 aliphatic rings. The molecule has 0 bridgehead atoms. The predicted octanol–water partition coefficient (Wildman–Crippen LogP) is 5.17. The van der Waals surface area contributed by atoms with E-state index in [1.807, 2.05) is 43.3 Å². The van der Waals surface area contributed by atoms with Crippen LogP contribution >= 0.6 is 0 Å². The maximum Gasteiger partial charge on any atom is 0.362 e. The largest absolute Gasteiger partial charge is 0.462 e. The summed E-state index contributed by atoms with van der Waals surface area (Å²) in [6.45, 7) is 5.85. The fourth-order valence-electron chi connectivity index (χ4n) is 5.93. The van der Waals surface area contributed by atoms with Crippen molar-refractivity contribution in [1.29, 1.82) is 0 Å². The Kier molecular flexibility index (Phi) is 8.64. The van der Waals surface area contributed by atoms with Crippen LogP contribution in [0.25, 0.3) is 0 Å². The number of nitrogens with zero attached hydrogens (tertiary/aromatic N) is 1. The molecule has 1 saturated heterocycles. The van der Waals surface area contributed by atoms with Crippen LogP contribution in [-0.2, 0) is 25.7 Å². The number of anilines is 1. The maximum atomic E-state index is 14.1. The topological polar surface area (TPSA) is 81.7 Å². The molecule has 0 unspecified atom stereocenters. The fraction of sp³-hybridized carbons (Fsp3) is 0.500. The molecule has 4 rings (SSSR count). The number of para-hydroxylation sites is 1. The van der Waals surface area contributed by atoms with E-state index >= 15 is 0 Å². The molecule has 7 nitrogen and oxygen atoms in total. The number of likely N-dealkylation sites (tertiary alicyclic amines) is 1. The summed E-state index contributed by atoms with van der Waals surface area (Å²) in [5.74, 6) is -0.836. The van der Waals surface area contributed by atoms with Crippen LogP contribution in [0.15, 0.2) is 48.5 Å². The van der Waals surface area contributed by atoms with E-state index in [-0.39, 0.29) is 31.6 Å². The van der Waals surface area contributed by atoms with Gasteiger partial charge in [-0.25, -0.2) is 9.59 Å². The quantitative estimate of drug-likeness (QED) is 0.374. The number of quaternary nitrogens is 1. The summed E-state index contributed by atoms with van der Waals surface area (Å²) in [6.07, 6.45) is 6.50. The predicted molar refractivity (Wildman–Crippen MR) is 142 cm³/mol. The van der Waals surface area contributed by atoms with Crippen molar-refractivity contribution in [2.75, 3.05) is 31.6 Å². The summed E-state index contributed by atoms with van der Waals surface area (Å²) >= 11 is 0. The first-order valence-corrected chi connectivity index (χ1v) is 13.5. The zero-order valence-corrected chi connectivity index (χ0v) is 22.1. The van der Waals surface area contributed by atoms with E-state index in [0.29, 0.717) is 28.6 Å². The lowest BCUT2D eigenvalue weighted by Crippen LogP contribution is -2.74. The monoisotopic (exact) mass is 507 g/mol. The van der Waals surface area contributed by atoms with E-state index < -0.39 is 11.5 Å². The summed E-state index contributed by atoms with van der Waals surface area (Å²) in [7, 11) is 0. The first kappa shape index (κ1) is 26.9. The van der Waals surface area contributed by atoms with Gasteiger partial charge in [0.1, 0.15) is 6.61 Å². The van der Waals surface area contributed by atoms with Crippen LogP contribution in [0.5, 0.6) is 0 Å². The molecule has 7 heteroatoms. The van der Waals surface area contributed by atoms with Gasteiger partial charge in [-0.2, -0.15) is 0 Å². The number of carbonyl (C=O) groups excluding carboxylic acids is 3. The van der Waals surface area contributed by atoms with Gasteiger partial charge in [0.25, 0.3) is 5.91 Å². The molecule has 2 aromatic rings. The zero-order valence-electron chi connectivity index (χ0n) is 22.1. The van der Waals surface area contributed by atoms with Crippen molar-refractivity contribution in [2.45, 2.75) is 70.9 Å². The van der Waals surface area contributed by atoms with Gasteiger partial charge in [-0.1, -0.05) is 42.5 Å². The summed E-state index contributed by atoms with van der Waals surface area (Å²) in [6, 6.07) is 15.0. The molecule has 1 aliphatic carbocycles. The molecular weight excluding hydrogens is 468 g/mol. The summed E-state index contributed by atoms with van der Waals surface area (Å²) in [5.41, 5.74) is 1.88. The molecule has 0 atom stereocenters. The number of carbonyl (C=O) groups is 3. The summed E-state index contributed by atoms with van der Waals surface area (Å²) in [4.78, 5) is 40.0. The van der Waals surface area contributed by atoms with Crippen LogP contribution in [0.2, 0.25) is 0 Å².